The molecule has 1 aromatic rings. The van der Waals surface area contributed by atoms with Gasteiger partial charge in [0.05, 0.1) is 23.2 Å². The van der Waals surface area contributed by atoms with Crippen LogP contribution in [0.2, 0.25) is 0 Å². The molecule has 0 saturated heterocycles. The van der Waals surface area contributed by atoms with Crippen molar-refractivity contribution in [2.24, 2.45) is 0 Å². The molecule has 1 heterocycles. The van der Waals surface area contributed by atoms with Gasteiger partial charge in [-0.25, -0.2) is 0 Å². The molecule has 5 heteroatoms. The number of benzene rings is 1. The van der Waals surface area contributed by atoms with E-state index in [2.05, 4.69) is 5.32 Å². The summed E-state index contributed by atoms with van der Waals surface area (Å²) in [5.41, 5.74) is 0.681. The van der Waals surface area contributed by atoms with Gasteiger partial charge in [-0.05, 0) is 19.1 Å². The molecule has 2 rings (SSSR count). The van der Waals surface area contributed by atoms with Crippen LogP contribution in [-0.4, -0.2) is 22.5 Å². The second kappa shape index (κ2) is 5.14. The fraction of sp³-hybridized carbons (Fsp3) is 0.250. The molecule has 1 aromatic carbocycles. The summed E-state index contributed by atoms with van der Waals surface area (Å²) in [4.78, 5) is 12.2. The highest BCUT2D eigenvalue weighted by atomic mass is 32.2. The fourth-order valence-corrected chi connectivity index (χ4v) is 2.65. The van der Waals surface area contributed by atoms with E-state index in [1.54, 1.807) is 19.1 Å². The molecule has 1 aliphatic rings. The predicted octanol–water partition coefficient (Wildman–Crippen LogP) is 1.64. The van der Waals surface area contributed by atoms with Crippen LogP contribution in [0, 0.1) is 0 Å². The third-order valence-corrected chi connectivity index (χ3v) is 3.84. The first-order valence-electron chi connectivity index (χ1n) is 5.27. The largest absolute Gasteiger partial charge is 0.496 e. The summed E-state index contributed by atoms with van der Waals surface area (Å²) >= 11 is 0. The summed E-state index contributed by atoms with van der Waals surface area (Å²) in [7, 11) is -1.27. The molecular weight excluding hydrogens is 238 g/mol. The lowest BCUT2D eigenvalue weighted by molar-refractivity contribution is -0.112. The lowest BCUT2D eigenvalue weighted by Crippen LogP contribution is -2.25. The molecule has 0 radical (unpaired) electrons. The highest BCUT2D eigenvalue weighted by Crippen LogP contribution is 2.18. The highest BCUT2D eigenvalue weighted by Gasteiger charge is 2.24. The summed E-state index contributed by atoms with van der Waals surface area (Å²) < 4.78 is 17.0. The zero-order valence-corrected chi connectivity index (χ0v) is 10.3. The molecular formula is C12H13NO3S. The molecule has 4 nitrogen and oxygen atoms in total. The maximum atomic E-state index is 11.9. The zero-order chi connectivity index (χ0) is 12.3. The molecule has 0 bridgehead atoms. The highest BCUT2D eigenvalue weighted by molar-refractivity contribution is 7.90. The van der Waals surface area contributed by atoms with Crippen molar-refractivity contribution in [1.82, 2.24) is 0 Å². The molecule has 1 atom stereocenters. The molecule has 0 aromatic heterocycles. The number of ether oxygens (including phenoxy) is 1. The Labute approximate surface area is 102 Å². The minimum absolute atomic E-state index is 0.236. The van der Waals surface area contributed by atoms with Gasteiger partial charge in [-0.1, -0.05) is 18.2 Å². The number of carbonyl (C=O) groups is 1. The van der Waals surface area contributed by atoms with E-state index in [-0.39, 0.29) is 10.8 Å². The van der Waals surface area contributed by atoms with Crippen molar-refractivity contribution >= 4 is 22.4 Å². The van der Waals surface area contributed by atoms with Crippen LogP contribution in [0.5, 0.6) is 0 Å². The molecule has 17 heavy (non-hydrogen) atoms. The van der Waals surface area contributed by atoms with E-state index >= 15 is 0 Å². The number of para-hydroxylation sites is 1. The first-order valence-corrected chi connectivity index (χ1v) is 6.59. The van der Waals surface area contributed by atoms with Crippen LogP contribution in [0.3, 0.4) is 0 Å². The number of rotatable bonds is 2. The molecule has 1 aliphatic heterocycles. The van der Waals surface area contributed by atoms with Crippen molar-refractivity contribution in [3.8, 4) is 0 Å². The number of carbonyl (C=O) groups excluding carboxylic acids is 1. The van der Waals surface area contributed by atoms with Gasteiger partial charge >= 0.3 is 0 Å². The van der Waals surface area contributed by atoms with Crippen molar-refractivity contribution in [3.63, 3.8) is 0 Å². The predicted molar refractivity (Wildman–Crippen MR) is 66.7 cm³/mol. The second-order valence-corrected chi connectivity index (χ2v) is 5.11. The minimum atomic E-state index is -1.27. The third kappa shape index (κ3) is 2.74. The van der Waals surface area contributed by atoms with Gasteiger partial charge in [0.2, 0.25) is 0 Å². The molecule has 0 fully saturated rings. The van der Waals surface area contributed by atoms with Crippen LogP contribution in [0.25, 0.3) is 0 Å². The normalized spacial score (nSPS) is 19.7. The van der Waals surface area contributed by atoms with Gasteiger partial charge in [0, 0.05) is 5.69 Å². The van der Waals surface area contributed by atoms with E-state index in [4.69, 9.17) is 4.74 Å². The van der Waals surface area contributed by atoms with Gasteiger partial charge in [-0.15, -0.1) is 0 Å². The third-order valence-electron chi connectivity index (χ3n) is 2.37. The van der Waals surface area contributed by atoms with Crippen LogP contribution in [0.4, 0.5) is 5.69 Å². The number of amides is 1. The van der Waals surface area contributed by atoms with E-state index in [9.17, 15) is 9.00 Å². The molecule has 0 spiro atoms. The van der Waals surface area contributed by atoms with Crippen molar-refractivity contribution in [1.29, 1.82) is 0 Å². The summed E-state index contributed by atoms with van der Waals surface area (Å²) in [6, 6.07) is 9.07. The summed E-state index contributed by atoms with van der Waals surface area (Å²) in [5, 5.41) is 2.70. The van der Waals surface area contributed by atoms with Gasteiger partial charge < -0.3 is 10.1 Å². The minimum Gasteiger partial charge on any atom is -0.496 e. The number of hydrogen-bond acceptors (Lipinski definition) is 3. The van der Waals surface area contributed by atoms with Gasteiger partial charge in [0.25, 0.3) is 5.91 Å². The van der Waals surface area contributed by atoms with Crippen molar-refractivity contribution < 1.29 is 13.7 Å². The van der Waals surface area contributed by atoms with Crippen molar-refractivity contribution in [3.05, 3.63) is 41.0 Å². The lowest BCUT2D eigenvalue weighted by Gasteiger charge is -2.17. The smallest absolute Gasteiger partial charge is 0.268 e. The van der Waals surface area contributed by atoms with Crippen molar-refractivity contribution in [2.45, 2.75) is 6.92 Å². The van der Waals surface area contributed by atoms with Gasteiger partial charge in [-0.3, -0.25) is 9.00 Å². The number of allylic oxidation sites excluding steroid dienone is 1. The topological polar surface area (TPSA) is 55.4 Å². The van der Waals surface area contributed by atoms with Crippen LogP contribution in [0.15, 0.2) is 41.0 Å². The summed E-state index contributed by atoms with van der Waals surface area (Å²) in [6.07, 6.45) is 0. The molecule has 90 valence electrons. The fourth-order valence-electron chi connectivity index (χ4n) is 1.57. The Morgan fingerprint density at radius 2 is 2.06 bits per heavy atom. The average molecular weight is 251 g/mol. The van der Waals surface area contributed by atoms with Crippen LogP contribution >= 0.6 is 0 Å². The Kier molecular flexibility index (Phi) is 3.58. The molecule has 0 saturated carbocycles. The number of nitrogens with one attached hydrogen (secondary N) is 1. The van der Waals surface area contributed by atoms with Gasteiger partial charge in [0.1, 0.15) is 10.7 Å². The van der Waals surface area contributed by atoms with E-state index in [1.807, 2.05) is 18.2 Å². The Hall–Kier alpha value is -1.62. The number of anilines is 1. The van der Waals surface area contributed by atoms with Crippen LogP contribution in [-0.2, 0) is 20.3 Å². The van der Waals surface area contributed by atoms with E-state index < -0.39 is 10.8 Å². The maximum Gasteiger partial charge on any atom is 0.268 e. The Morgan fingerprint density at radius 1 is 1.35 bits per heavy atom. The average Bonchev–Trinajstić information content (AvgIpc) is 2.30. The van der Waals surface area contributed by atoms with Crippen LogP contribution < -0.4 is 5.32 Å². The molecule has 0 aliphatic carbocycles. The summed E-state index contributed by atoms with van der Waals surface area (Å²) in [5.74, 6) is 0.462. The van der Waals surface area contributed by atoms with E-state index in [1.165, 1.54) is 0 Å². The first kappa shape index (κ1) is 11.9. The summed E-state index contributed by atoms with van der Waals surface area (Å²) in [6.45, 7) is 2.07. The Morgan fingerprint density at radius 3 is 2.71 bits per heavy atom. The standard InChI is InChI=1S/C12H13NO3S/c1-9-11(17(15)8-7-16-9)12(14)13-10-5-3-2-4-6-10/h2-6H,7-8H2,1H3,(H,13,14)/t17-/m1/s1. The van der Waals surface area contributed by atoms with Gasteiger partial charge in [0.15, 0.2) is 0 Å². The molecule has 1 amide bonds. The van der Waals surface area contributed by atoms with Gasteiger partial charge in [-0.2, -0.15) is 0 Å². The van der Waals surface area contributed by atoms with Crippen LogP contribution in [0.1, 0.15) is 6.92 Å². The Bertz CT molecular complexity index is 482. The SMILES string of the molecule is CC1=C(C(=O)Nc2ccccc2)[S@](=O)CCO1. The maximum absolute atomic E-state index is 11.9. The Balaban J connectivity index is 2.18. The lowest BCUT2D eigenvalue weighted by atomic mass is 10.3. The molecule has 1 N–H and O–H groups in total. The van der Waals surface area contributed by atoms with E-state index in [0.29, 0.717) is 23.8 Å². The number of hydrogen-bond donors (Lipinski definition) is 1. The second-order valence-electron chi connectivity index (χ2n) is 3.60. The first-order chi connectivity index (χ1) is 8.18. The monoisotopic (exact) mass is 251 g/mol. The van der Waals surface area contributed by atoms with Crippen molar-refractivity contribution in [2.75, 3.05) is 17.7 Å². The quantitative estimate of drug-likeness (QED) is 0.869. The molecule has 0 unspecified atom stereocenters. The zero-order valence-electron chi connectivity index (χ0n) is 9.43. The van der Waals surface area contributed by atoms with E-state index in [0.717, 1.165) is 0 Å².